The molecule has 0 amide bonds. The van der Waals surface area contributed by atoms with Crippen LogP contribution in [-0.4, -0.2) is 18.8 Å². The number of hydrogen-bond acceptors (Lipinski definition) is 2. The Bertz CT molecular complexity index is 482. The van der Waals surface area contributed by atoms with E-state index in [1.54, 1.807) is 0 Å². The van der Waals surface area contributed by atoms with Crippen LogP contribution in [0.3, 0.4) is 0 Å². The molecule has 1 aromatic rings. The number of rotatable bonds is 8. The van der Waals surface area contributed by atoms with Gasteiger partial charge in [0.05, 0.1) is 5.60 Å². The van der Waals surface area contributed by atoms with Crippen molar-refractivity contribution in [3.63, 3.8) is 0 Å². The number of nitrogens with one attached hydrogen (secondary N) is 1. The summed E-state index contributed by atoms with van der Waals surface area (Å²) in [6.45, 7) is 13.5. The topological polar surface area (TPSA) is 21.3 Å². The third kappa shape index (κ3) is 5.89. The minimum atomic E-state index is 0.0281. The summed E-state index contributed by atoms with van der Waals surface area (Å²) in [5.74, 6) is 0.782. The Hall–Kier alpha value is -0.860. The Morgan fingerprint density at radius 2 is 1.79 bits per heavy atom. The van der Waals surface area contributed by atoms with Gasteiger partial charge in [-0.2, -0.15) is 0 Å². The van der Waals surface area contributed by atoms with E-state index in [0.717, 1.165) is 19.1 Å². The molecule has 2 nitrogen and oxygen atoms in total. The fraction of sp³-hybridized carbons (Fsp3) is 0.727. The number of hydrogen-bond donors (Lipinski definition) is 1. The van der Waals surface area contributed by atoms with E-state index < -0.39 is 0 Å². The van der Waals surface area contributed by atoms with E-state index in [2.05, 4.69) is 70.3 Å². The molecule has 24 heavy (non-hydrogen) atoms. The fourth-order valence-electron chi connectivity index (χ4n) is 4.15. The molecule has 0 unspecified atom stereocenters. The summed E-state index contributed by atoms with van der Waals surface area (Å²) in [7, 11) is 0. The zero-order chi connectivity index (χ0) is 17.6. The molecule has 1 aromatic carbocycles. The van der Waals surface area contributed by atoms with Crippen molar-refractivity contribution in [2.45, 2.75) is 78.4 Å². The van der Waals surface area contributed by atoms with Crippen molar-refractivity contribution in [1.29, 1.82) is 0 Å². The molecule has 1 fully saturated rings. The molecular formula is C22H37NO. The van der Waals surface area contributed by atoms with Gasteiger partial charge in [-0.25, -0.2) is 0 Å². The summed E-state index contributed by atoms with van der Waals surface area (Å²) in [5.41, 5.74) is 1.84. The predicted molar refractivity (Wildman–Crippen MR) is 103 cm³/mol. The molecule has 1 aliphatic heterocycles. The van der Waals surface area contributed by atoms with Crippen LogP contribution < -0.4 is 5.32 Å². The second-order valence-corrected chi connectivity index (χ2v) is 8.80. The van der Waals surface area contributed by atoms with E-state index in [0.29, 0.717) is 11.5 Å². The van der Waals surface area contributed by atoms with Crippen LogP contribution in [0.15, 0.2) is 30.3 Å². The molecule has 1 aliphatic rings. The smallest absolute Gasteiger partial charge is 0.0631 e. The maximum Gasteiger partial charge on any atom is 0.0631 e. The van der Waals surface area contributed by atoms with Crippen LogP contribution in [0.1, 0.15) is 78.3 Å². The minimum absolute atomic E-state index is 0.0281. The van der Waals surface area contributed by atoms with E-state index >= 15 is 0 Å². The van der Waals surface area contributed by atoms with Crippen molar-refractivity contribution in [3.05, 3.63) is 35.9 Å². The molecule has 2 atom stereocenters. The van der Waals surface area contributed by atoms with Gasteiger partial charge in [-0.1, -0.05) is 50.6 Å². The van der Waals surface area contributed by atoms with Gasteiger partial charge < -0.3 is 10.1 Å². The maximum absolute atomic E-state index is 6.00. The molecule has 1 N–H and O–H groups in total. The number of ether oxygens (including phenoxy) is 1. The molecule has 0 aliphatic carbocycles. The van der Waals surface area contributed by atoms with Crippen LogP contribution in [0, 0.1) is 11.3 Å². The molecule has 136 valence electrons. The van der Waals surface area contributed by atoms with Gasteiger partial charge in [-0.05, 0) is 69.9 Å². The normalized spacial score (nSPS) is 24.9. The van der Waals surface area contributed by atoms with Crippen molar-refractivity contribution < 1.29 is 4.74 Å². The van der Waals surface area contributed by atoms with Crippen molar-refractivity contribution in [1.82, 2.24) is 5.32 Å². The lowest BCUT2D eigenvalue weighted by Crippen LogP contribution is -2.43. The first-order valence-corrected chi connectivity index (χ1v) is 9.74. The van der Waals surface area contributed by atoms with Gasteiger partial charge in [0.25, 0.3) is 0 Å². The van der Waals surface area contributed by atoms with Gasteiger partial charge in [0, 0.05) is 12.6 Å². The van der Waals surface area contributed by atoms with Crippen LogP contribution >= 0.6 is 0 Å². The first kappa shape index (κ1) is 19.5. The Kier molecular flexibility index (Phi) is 6.88. The monoisotopic (exact) mass is 331 g/mol. The largest absolute Gasteiger partial charge is 0.376 e. The second-order valence-electron chi connectivity index (χ2n) is 8.80. The van der Waals surface area contributed by atoms with E-state index in [1.807, 2.05) is 0 Å². The van der Waals surface area contributed by atoms with E-state index in [9.17, 15) is 0 Å². The highest BCUT2D eigenvalue weighted by atomic mass is 16.5. The molecule has 2 rings (SSSR count). The van der Waals surface area contributed by atoms with Gasteiger partial charge in [-0.15, -0.1) is 0 Å². The molecule has 0 bridgehead atoms. The highest BCUT2D eigenvalue weighted by molar-refractivity contribution is 5.17. The summed E-state index contributed by atoms with van der Waals surface area (Å²) in [4.78, 5) is 0. The summed E-state index contributed by atoms with van der Waals surface area (Å²) in [5, 5.41) is 3.75. The summed E-state index contributed by atoms with van der Waals surface area (Å²) in [6.07, 6.45) is 6.31. The van der Waals surface area contributed by atoms with Gasteiger partial charge in [-0.3, -0.25) is 0 Å². The third-order valence-electron chi connectivity index (χ3n) is 5.58. The standard InChI is InChI=1S/C22H37NO/c1-18(2)11-12-22(14-16-24-21(4,5)17-22)13-15-23-19(3)20-9-7-6-8-10-20/h6-10,18-19,23H,11-17H2,1-5H3/t19-,22-/m1/s1. The highest BCUT2D eigenvalue weighted by Crippen LogP contribution is 2.45. The predicted octanol–water partition coefficient (Wildman–Crippen LogP) is 5.74. The SMILES string of the molecule is CC(C)CC[C@@]1(CCN[C@H](C)c2ccccc2)CCOC(C)(C)C1. The van der Waals surface area contributed by atoms with Gasteiger partial charge in [0.2, 0.25) is 0 Å². The van der Waals surface area contributed by atoms with Crippen LogP contribution in [0.2, 0.25) is 0 Å². The average molecular weight is 332 g/mol. The third-order valence-corrected chi connectivity index (χ3v) is 5.58. The van der Waals surface area contributed by atoms with Gasteiger partial charge in [0.1, 0.15) is 0 Å². The molecular weight excluding hydrogens is 294 g/mol. The Labute approximate surface area is 149 Å². The van der Waals surface area contributed by atoms with Crippen molar-refractivity contribution in [3.8, 4) is 0 Å². The summed E-state index contributed by atoms with van der Waals surface area (Å²) in [6, 6.07) is 11.2. The van der Waals surface area contributed by atoms with E-state index in [4.69, 9.17) is 4.74 Å². The first-order chi connectivity index (χ1) is 11.3. The van der Waals surface area contributed by atoms with Gasteiger partial charge >= 0.3 is 0 Å². The van der Waals surface area contributed by atoms with Gasteiger partial charge in [0.15, 0.2) is 0 Å². The van der Waals surface area contributed by atoms with Crippen LogP contribution in [-0.2, 0) is 4.74 Å². The summed E-state index contributed by atoms with van der Waals surface area (Å²) >= 11 is 0. The Balaban J connectivity index is 1.93. The summed E-state index contributed by atoms with van der Waals surface area (Å²) < 4.78 is 6.00. The molecule has 2 heteroatoms. The van der Waals surface area contributed by atoms with Crippen molar-refractivity contribution in [2.75, 3.05) is 13.2 Å². The van der Waals surface area contributed by atoms with Crippen LogP contribution in [0.25, 0.3) is 0 Å². The van der Waals surface area contributed by atoms with Crippen LogP contribution in [0.4, 0.5) is 0 Å². The second kappa shape index (κ2) is 8.49. The zero-order valence-corrected chi connectivity index (χ0v) is 16.4. The lowest BCUT2D eigenvalue weighted by Gasteiger charge is -2.46. The van der Waals surface area contributed by atoms with Crippen molar-refractivity contribution in [2.24, 2.45) is 11.3 Å². The molecule has 0 aromatic heterocycles. The zero-order valence-electron chi connectivity index (χ0n) is 16.4. The van der Waals surface area contributed by atoms with Crippen molar-refractivity contribution >= 4 is 0 Å². The average Bonchev–Trinajstić information content (AvgIpc) is 2.53. The van der Waals surface area contributed by atoms with E-state index in [-0.39, 0.29) is 5.60 Å². The first-order valence-electron chi connectivity index (χ1n) is 9.74. The molecule has 1 saturated heterocycles. The Morgan fingerprint density at radius 1 is 1.08 bits per heavy atom. The maximum atomic E-state index is 6.00. The fourth-order valence-corrected chi connectivity index (χ4v) is 4.15. The molecule has 1 heterocycles. The van der Waals surface area contributed by atoms with Crippen LogP contribution in [0.5, 0.6) is 0 Å². The highest BCUT2D eigenvalue weighted by Gasteiger charge is 2.40. The number of benzene rings is 1. The quantitative estimate of drug-likeness (QED) is 0.656. The lowest BCUT2D eigenvalue weighted by molar-refractivity contribution is -0.110. The molecule has 0 radical (unpaired) electrons. The minimum Gasteiger partial charge on any atom is -0.376 e. The molecule has 0 saturated carbocycles. The molecule has 0 spiro atoms. The Morgan fingerprint density at radius 3 is 2.42 bits per heavy atom. The lowest BCUT2D eigenvalue weighted by atomic mass is 9.68. The van der Waals surface area contributed by atoms with E-state index in [1.165, 1.54) is 37.7 Å².